The minimum absolute atomic E-state index is 0.0199. The molecule has 0 unspecified atom stereocenters. The smallest absolute Gasteiger partial charge is 0.333 e. The summed E-state index contributed by atoms with van der Waals surface area (Å²) in [5.74, 6) is -0.770. The summed E-state index contributed by atoms with van der Waals surface area (Å²) < 4.78 is 24.9. The van der Waals surface area contributed by atoms with Crippen LogP contribution in [0, 0.1) is 0 Å². The summed E-state index contributed by atoms with van der Waals surface area (Å²) in [6, 6.07) is 0. The highest BCUT2D eigenvalue weighted by atomic mass is 16.6. The van der Waals surface area contributed by atoms with Gasteiger partial charge >= 0.3 is 11.9 Å². The van der Waals surface area contributed by atoms with Gasteiger partial charge in [0.05, 0.1) is 52.9 Å². The molecule has 0 aromatic heterocycles. The lowest BCUT2D eigenvalue weighted by Gasteiger charge is -2.07. The number of hydrogen-bond acceptors (Lipinski definition) is 9. The monoisotopic (exact) mass is 434 g/mol. The lowest BCUT2D eigenvalue weighted by atomic mass is 10.2. The van der Waals surface area contributed by atoms with Gasteiger partial charge in [0.2, 0.25) is 0 Å². The van der Waals surface area contributed by atoms with Gasteiger partial charge in [0.1, 0.15) is 6.61 Å². The Morgan fingerprint density at radius 2 is 1.27 bits per heavy atom. The Morgan fingerprint density at radius 1 is 0.733 bits per heavy atom. The number of aliphatic hydroxyl groups is 2. The molecule has 0 amide bonds. The highest BCUT2D eigenvalue weighted by molar-refractivity contribution is 5.86. The number of esters is 2. The molecule has 0 saturated carbocycles. The van der Waals surface area contributed by atoms with Crippen LogP contribution in [-0.2, 0) is 33.3 Å². The Hall–Kier alpha value is -1.78. The van der Waals surface area contributed by atoms with Gasteiger partial charge in [-0.25, -0.2) is 9.59 Å². The summed E-state index contributed by atoms with van der Waals surface area (Å²) in [6.07, 6.45) is 4.83. The highest BCUT2D eigenvalue weighted by Gasteiger charge is 2.01. The van der Waals surface area contributed by atoms with E-state index in [1.807, 2.05) is 0 Å². The molecule has 9 nitrogen and oxygen atoms in total. The Morgan fingerprint density at radius 3 is 1.77 bits per heavy atom. The van der Waals surface area contributed by atoms with Crippen molar-refractivity contribution in [1.82, 2.24) is 0 Å². The van der Waals surface area contributed by atoms with E-state index in [1.165, 1.54) is 0 Å². The molecule has 9 heteroatoms. The zero-order valence-corrected chi connectivity index (χ0v) is 18.1. The first kappa shape index (κ1) is 30.4. The van der Waals surface area contributed by atoms with Crippen molar-refractivity contribution in [2.24, 2.45) is 0 Å². The molecule has 30 heavy (non-hydrogen) atoms. The number of carbonyl (C=O) groups excluding carboxylic acids is 2. The van der Waals surface area contributed by atoms with E-state index < -0.39 is 5.97 Å². The second kappa shape index (κ2) is 25.3. The zero-order valence-electron chi connectivity index (χ0n) is 18.1. The van der Waals surface area contributed by atoms with Crippen molar-refractivity contribution >= 4 is 11.9 Å². The SMILES string of the molecule is C=C(C)C(=O)OCCOCCOCCOCCO.C=CC(=O)OCCCCCCO. The molecular formula is C21H38O9. The molecule has 0 bridgehead atoms. The quantitative estimate of drug-likeness (QED) is 0.177. The summed E-state index contributed by atoms with van der Waals surface area (Å²) in [4.78, 5) is 21.5. The van der Waals surface area contributed by atoms with E-state index in [0.29, 0.717) is 51.8 Å². The van der Waals surface area contributed by atoms with E-state index in [-0.39, 0.29) is 25.8 Å². The second-order valence-electron chi connectivity index (χ2n) is 5.99. The summed E-state index contributed by atoms with van der Waals surface area (Å²) in [5.41, 5.74) is 0.376. The van der Waals surface area contributed by atoms with E-state index in [1.54, 1.807) is 6.92 Å². The van der Waals surface area contributed by atoms with Crippen LogP contribution in [0.5, 0.6) is 0 Å². The lowest BCUT2D eigenvalue weighted by molar-refractivity contribution is -0.140. The van der Waals surface area contributed by atoms with Gasteiger partial charge in [-0.15, -0.1) is 0 Å². The third kappa shape index (κ3) is 26.2. The molecule has 0 aromatic rings. The molecule has 0 aliphatic rings. The van der Waals surface area contributed by atoms with Gasteiger partial charge in [0.15, 0.2) is 0 Å². The fraction of sp³-hybridized carbons (Fsp3) is 0.714. The van der Waals surface area contributed by atoms with Gasteiger partial charge in [0, 0.05) is 18.3 Å². The number of unbranched alkanes of at least 4 members (excludes halogenated alkanes) is 3. The van der Waals surface area contributed by atoms with Crippen molar-refractivity contribution in [2.45, 2.75) is 32.6 Å². The molecule has 0 fully saturated rings. The molecule has 2 N–H and O–H groups in total. The Kier molecular flexibility index (Phi) is 25.6. The zero-order chi connectivity index (χ0) is 22.9. The van der Waals surface area contributed by atoms with Crippen molar-refractivity contribution in [2.75, 3.05) is 66.1 Å². The van der Waals surface area contributed by atoms with Gasteiger partial charge in [-0.05, 0) is 26.2 Å². The maximum absolute atomic E-state index is 11.0. The number of rotatable bonds is 19. The molecule has 0 aromatic carbocycles. The fourth-order valence-corrected chi connectivity index (χ4v) is 1.72. The van der Waals surface area contributed by atoms with Crippen molar-refractivity contribution < 1.29 is 43.5 Å². The van der Waals surface area contributed by atoms with Gasteiger partial charge in [0.25, 0.3) is 0 Å². The molecule has 0 saturated heterocycles. The van der Waals surface area contributed by atoms with Crippen LogP contribution in [-0.4, -0.2) is 88.2 Å². The summed E-state index contributed by atoms with van der Waals surface area (Å²) in [6.45, 7) is 11.7. The van der Waals surface area contributed by atoms with Crippen LogP contribution in [0.15, 0.2) is 24.8 Å². The van der Waals surface area contributed by atoms with Crippen LogP contribution in [0.2, 0.25) is 0 Å². The maximum Gasteiger partial charge on any atom is 0.333 e. The lowest BCUT2D eigenvalue weighted by Crippen LogP contribution is -2.14. The summed E-state index contributed by atoms with van der Waals surface area (Å²) >= 11 is 0. The van der Waals surface area contributed by atoms with Gasteiger partial charge in [-0.3, -0.25) is 0 Å². The van der Waals surface area contributed by atoms with E-state index >= 15 is 0 Å². The van der Waals surface area contributed by atoms with Crippen LogP contribution in [0.4, 0.5) is 0 Å². The number of hydrogen-bond donors (Lipinski definition) is 2. The van der Waals surface area contributed by atoms with Crippen molar-refractivity contribution in [3.63, 3.8) is 0 Å². The first-order valence-corrected chi connectivity index (χ1v) is 10.1. The van der Waals surface area contributed by atoms with Crippen LogP contribution >= 0.6 is 0 Å². The van der Waals surface area contributed by atoms with Crippen molar-refractivity contribution in [3.05, 3.63) is 24.8 Å². The van der Waals surface area contributed by atoms with Crippen LogP contribution < -0.4 is 0 Å². The van der Waals surface area contributed by atoms with Crippen LogP contribution in [0.3, 0.4) is 0 Å². The normalized spacial score (nSPS) is 9.97. The summed E-state index contributed by atoms with van der Waals surface area (Å²) in [5, 5.41) is 16.9. The molecule has 176 valence electrons. The Bertz CT molecular complexity index is 438. The van der Waals surface area contributed by atoms with Gasteiger partial charge in [-0.2, -0.15) is 0 Å². The van der Waals surface area contributed by atoms with E-state index in [4.69, 9.17) is 33.9 Å². The third-order valence-electron chi connectivity index (χ3n) is 3.25. The number of aliphatic hydroxyl groups excluding tert-OH is 2. The second-order valence-corrected chi connectivity index (χ2v) is 5.99. The van der Waals surface area contributed by atoms with Gasteiger partial charge in [-0.1, -0.05) is 19.6 Å². The predicted octanol–water partition coefficient (Wildman–Crippen LogP) is 1.42. The largest absolute Gasteiger partial charge is 0.463 e. The average molecular weight is 435 g/mol. The highest BCUT2D eigenvalue weighted by Crippen LogP contribution is 1.99. The number of ether oxygens (including phenoxy) is 5. The minimum atomic E-state index is -0.407. The molecular weight excluding hydrogens is 396 g/mol. The molecule has 0 radical (unpaired) electrons. The first-order valence-electron chi connectivity index (χ1n) is 10.1. The van der Waals surface area contributed by atoms with Crippen LogP contribution in [0.1, 0.15) is 32.6 Å². The topological polar surface area (TPSA) is 121 Å². The molecule has 0 aliphatic carbocycles. The summed E-state index contributed by atoms with van der Waals surface area (Å²) in [7, 11) is 0. The molecule has 0 aliphatic heterocycles. The fourth-order valence-electron chi connectivity index (χ4n) is 1.72. The average Bonchev–Trinajstić information content (AvgIpc) is 2.74. The molecule has 0 spiro atoms. The van der Waals surface area contributed by atoms with Crippen molar-refractivity contribution in [1.29, 1.82) is 0 Å². The Labute approximate surface area is 179 Å². The van der Waals surface area contributed by atoms with Gasteiger partial charge < -0.3 is 33.9 Å². The Balaban J connectivity index is 0. The van der Waals surface area contributed by atoms with E-state index in [9.17, 15) is 9.59 Å². The standard InChI is InChI=1S/C12H22O6.C9H16O3/c1-11(2)12(14)18-10-9-17-8-7-16-6-5-15-4-3-13;1-2-9(11)12-8-6-4-3-5-7-10/h13H,1,3-10H2,2H3;2,10H,1,3-8H2. The van der Waals surface area contributed by atoms with Crippen LogP contribution in [0.25, 0.3) is 0 Å². The third-order valence-corrected chi connectivity index (χ3v) is 3.25. The molecule has 0 rings (SSSR count). The van der Waals surface area contributed by atoms with E-state index in [2.05, 4.69) is 13.2 Å². The minimum Gasteiger partial charge on any atom is -0.463 e. The van der Waals surface area contributed by atoms with Crippen molar-refractivity contribution in [3.8, 4) is 0 Å². The molecule has 0 heterocycles. The number of carbonyl (C=O) groups is 2. The van der Waals surface area contributed by atoms with E-state index in [0.717, 1.165) is 31.8 Å². The maximum atomic E-state index is 11.0. The predicted molar refractivity (Wildman–Crippen MR) is 112 cm³/mol. The first-order chi connectivity index (χ1) is 14.5. The molecule has 0 atom stereocenters.